The van der Waals surface area contributed by atoms with Crippen molar-refractivity contribution in [3.63, 3.8) is 0 Å². The third-order valence-corrected chi connectivity index (χ3v) is 7.69. The largest absolute Gasteiger partial charge is 0.289 e. The Labute approximate surface area is 179 Å². The van der Waals surface area contributed by atoms with Crippen LogP contribution in [0.1, 0.15) is 10.4 Å². The maximum atomic E-state index is 13.6. The van der Waals surface area contributed by atoms with E-state index in [4.69, 9.17) is 0 Å². The molecule has 30 heavy (non-hydrogen) atoms. The van der Waals surface area contributed by atoms with Gasteiger partial charge in [0.05, 0.1) is 10.9 Å². The molecule has 5 aromatic rings. The molecule has 5 aromatic carbocycles. The molecule has 0 aliphatic heterocycles. The van der Waals surface area contributed by atoms with E-state index in [-0.39, 0.29) is 16.7 Å². The Morgan fingerprint density at radius 1 is 0.567 bits per heavy atom. The van der Waals surface area contributed by atoms with Crippen LogP contribution in [0.3, 0.4) is 0 Å². The fourth-order valence-electron chi connectivity index (χ4n) is 3.96. The highest BCUT2D eigenvalue weighted by Crippen LogP contribution is 2.31. The zero-order chi connectivity index (χ0) is 20.3. The molecule has 0 fully saturated rings. The molecule has 0 aliphatic rings. The zero-order valence-corrected chi connectivity index (χ0v) is 17.3. The van der Waals surface area contributed by atoms with Crippen molar-refractivity contribution < 1.29 is 4.79 Å². The summed E-state index contributed by atoms with van der Waals surface area (Å²) in [4.78, 5) is 16.0. The van der Waals surface area contributed by atoms with Crippen LogP contribution in [0.2, 0.25) is 0 Å². The lowest BCUT2D eigenvalue weighted by Crippen LogP contribution is -2.18. The van der Waals surface area contributed by atoms with Crippen molar-refractivity contribution in [3.05, 3.63) is 121 Å². The average molecular weight is 406 g/mol. The minimum atomic E-state index is -0.349. The molecule has 144 valence electrons. The quantitative estimate of drug-likeness (QED) is 0.229. The molecule has 0 amide bonds. The normalized spacial score (nSPS) is 12.1. The number of benzene rings is 5. The summed E-state index contributed by atoms with van der Waals surface area (Å²) in [5.74, 6) is 0.651. The van der Waals surface area contributed by atoms with Crippen LogP contribution in [-0.2, 0) is 10.9 Å². The lowest BCUT2D eigenvalue weighted by atomic mass is 10.0. The second-order valence-corrected chi connectivity index (χ2v) is 9.26. The van der Waals surface area contributed by atoms with Crippen molar-refractivity contribution in [2.75, 3.05) is 5.75 Å². The molecule has 5 rings (SSSR count). The first-order valence-corrected chi connectivity index (χ1v) is 11.5. The first-order chi connectivity index (χ1) is 14.8. The number of Topliss-reactive ketones (excluding diaryl/α,β-unsaturated/α-hetero) is 1. The average Bonchev–Trinajstić information content (AvgIpc) is 2.82. The van der Waals surface area contributed by atoms with Crippen LogP contribution in [0.15, 0.2) is 125 Å². The van der Waals surface area contributed by atoms with Crippen LogP contribution >= 0.6 is 0 Å². The van der Waals surface area contributed by atoms with Crippen LogP contribution < -0.4 is 0 Å². The predicted molar refractivity (Wildman–Crippen MR) is 127 cm³/mol. The lowest BCUT2D eigenvalue weighted by molar-refractivity contribution is 0.102. The molecule has 0 saturated heterocycles. The van der Waals surface area contributed by atoms with Gasteiger partial charge in [0, 0.05) is 10.9 Å². The van der Waals surface area contributed by atoms with Gasteiger partial charge in [-0.15, -0.1) is 0 Å². The molecule has 0 heterocycles. The van der Waals surface area contributed by atoms with E-state index in [0.29, 0.717) is 5.75 Å². The summed E-state index contributed by atoms with van der Waals surface area (Å²) >= 11 is 0. The van der Waals surface area contributed by atoms with Crippen LogP contribution in [-0.4, -0.2) is 11.5 Å². The Morgan fingerprint density at radius 2 is 1.13 bits per heavy atom. The van der Waals surface area contributed by atoms with Gasteiger partial charge in [0.25, 0.3) is 0 Å². The molecule has 0 radical (unpaired) electrons. The van der Waals surface area contributed by atoms with Gasteiger partial charge in [-0.2, -0.15) is 0 Å². The van der Waals surface area contributed by atoms with Crippen molar-refractivity contribution >= 4 is 38.2 Å². The first-order valence-electron chi connectivity index (χ1n) is 10.1. The van der Waals surface area contributed by atoms with Crippen molar-refractivity contribution in [1.29, 1.82) is 0 Å². The molecular weight excluding hydrogens is 384 g/mol. The molecule has 0 aromatic heterocycles. The second kappa shape index (κ2) is 8.17. The Kier molecular flexibility index (Phi) is 5.08. The van der Waals surface area contributed by atoms with Crippen LogP contribution in [0.5, 0.6) is 0 Å². The standard InChI is InChI=1S/C28H21OS/c29-27(26-18-8-12-21-10-4-6-16-24(21)26)20-30(23-14-2-1-3-15-23)28-19-9-13-22-11-5-7-17-25(22)28/h1-19H,20H2/q+1. The summed E-state index contributed by atoms with van der Waals surface area (Å²) in [5.41, 5.74) is 0.807. The maximum absolute atomic E-state index is 13.6. The van der Waals surface area contributed by atoms with Gasteiger partial charge in [-0.25, -0.2) is 0 Å². The minimum Gasteiger partial charge on any atom is -0.289 e. The van der Waals surface area contributed by atoms with Crippen LogP contribution in [0.25, 0.3) is 21.5 Å². The van der Waals surface area contributed by atoms with Gasteiger partial charge in [0.2, 0.25) is 5.78 Å². The molecular formula is C28H21OS+. The number of carbonyl (C=O) groups is 1. The summed E-state index contributed by atoms with van der Waals surface area (Å²) in [6.07, 6.45) is 0. The molecule has 0 N–H and O–H groups in total. The van der Waals surface area contributed by atoms with Gasteiger partial charge in [-0.3, -0.25) is 4.79 Å². The molecule has 0 aliphatic carbocycles. The molecule has 0 bridgehead atoms. The number of fused-ring (bicyclic) bond motifs is 2. The summed E-state index contributed by atoms with van der Waals surface area (Å²) < 4.78 is 0. The topological polar surface area (TPSA) is 17.1 Å². The highest BCUT2D eigenvalue weighted by Gasteiger charge is 2.31. The third-order valence-electron chi connectivity index (χ3n) is 5.41. The second-order valence-electron chi connectivity index (χ2n) is 7.28. The predicted octanol–water partition coefficient (Wildman–Crippen LogP) is 6.91. The van der Waals surface area contributed by atoms with E-state index in [1.165, 1.54) is 20.6 Å². The van der Waals surface area contributed by atoms with Gasteiger partial charge < -0.3 is 0 Å². The molecule has 0 spiro atoms. The van der Waals surface area contributed by atoms with E-state index in [0.717, 1.165) is 16.3 Å². The van der Waals surface area contributed by atoms with Crippen molar-refractivity contribution in [2.45, 2.75) is 9.79 Å². The molecule has 1 nitrogen and oxygen atoms in total. The zero-order valence-electron chi connectivity index (χ0n) is 16.5. The smallest absolute Gasteiger partial charge is 0.213 e. The molecule has 2 heteroatoms. The highest BCUT2D eigenvalue weighted by atomic mass is 32.2. The number of hydrogen-bond donors (Lipinski definition) is 0. The summed E-state index contributed by atoms with van der Waals surface area (Å²) in [5, 5.41) is 4.56. The number of ketones is 1. The third kappa shape index (κ3) is 3.51. The Hall–Kier alpha value is -3.36. The van der Waals surface area contributed by atoms with Crippen LogP contribution in [0, 0.1) is 0 Å². The minimum absolute atomic E-state index is 0.187. The SMILES string of the molecule is O=C(C[S+](c1ccccc1)c1cccc2ccccc12)c1cccc2ccccc12. The van der Waals surface area contributed by atoms with Crippen molar-refractivity contribution in [2.24, 2.45) is 0 Å². The Bertz CT molecular complexity index is 1330. The van der Waals surface area contributed by atoms with Gasteiger partial charge in [-0.05, 0) is 40.4 Å². The maximum Gasteiger partial charge on any atom is 0.213 e. The van der Waals surface area contributed by atoms with Crippen molar-refractivity contribution in [1.82, 2.24) is 0 Å². The Balaban J connectivity index is 1.62. The van der Waals surface area contributed by atoms with E-state index in [9.17, 15) is 4.79 Å². The van der Waals surface area contributed by atoms with Crippen LogP contribution in [0.4, 0.5) is 0 Å². The monoisotopic (exact) mass is 405 g/mol. The summed E-state index contributed by atoms with van der Waals surface area (Å²) in [6, 6.07) is 39.4. The summed E-state index contributed by atoms with van der Waals surface area (Å²) in [7, 11) is -0.349. The number of carbonyl (C=O) groups excluding carboxylic acids is 1. The van der Waals surface area contributed by atoms with Gasteiger partial charge in [0.1, 0.15) is 0 Å². The van der Waals surface area contributed by atoms with E-state index < -0.39 is 0 Å². The van der Waals surface area contributed by atoms with E-state index >= 15 is 0 Å². The van der Waals surface area contributed by atoms with Gasteiger partial charge in [-0.1, -0.05) is 91.0 Å². The fourth-order valence-corrected chi connectivity index (χ4v) is 6.13. The van der Waals surface area contributed by atoms with Gasteiger partial charge >= 0.3 is 0 Å². The molecule has 1 unspecified atom stereocenters. The van der Waals surface area contributed by atoms with Gasteiger partial charge in [0.15, 0.2) is 15.5 Å². The molecule has 1 atom stereocenters. The highest BCUT2D eigenvalue weighted by molar-refractivity contribution is 7.97. The first kappa shape index (κ1) is 18.7. The number of hydrogen-bond acceptors (Lipinski definition) is 1. The molecule has 0 saturated carbocycles. The fraction of sp³-hybridized carbons (Fsp3) is 0.0357. The Morgan fingerprint density at radius 3 is 1.90 bits per heavy atom. The number of rotatable bonds is 5. The van der Waals surface area contributed by atoms with Crippen molar-refractivity contribution in [3.8, 4) is 0 Å². The summed E-state index contributed by atoms with van der Waals surface area (Å²) in [6.45, 7) is 0. The van der Waals surface area contributed by atoms with E-state index in [2.05, 4.69) is 78.9 Å². The van der Waals surface area contributed by atoms with E-state index in [1.807, 2.05) is 36.4 Å². The van der Waals surface area contributed by atoms with E-state index in [1.54, 1.807) is 0 Å². The lowest BCUT2D eigenvalue weighted by Gasteiger charge is -2.11.